The SMILES string of the molecule is CN(c1ccccc1)c1cc(/C(N)=N/O)ccn1. The lowest BCUT2D eigenvalue weighted by atomic mass is 10.2. The van der Waals surface area contributed by atoms with Crippen LogP contribution in [0.4, 0.5) is 11.5 Å². The fraction of sp³-hybridized carbons (Fsp3) is 0.0769. The van der Waals surface area contributed by atoms with E-state index in [-0.39, 0.29) is 5.84 Å². The van der Waals surface area contributed by atoms with Crippen LogP contribution in [-0.2, 0) is 0 Å². The molecule has 0 amide bonds. The Kier molecular flexibility index (Phi) is 3.43. The average molecular weight is 242 g/mol. The highest BCUT2D eigenvalue weighted by Gasteiger charge is 2.07. The average Bonchev–Trinajstić information content (AvgIpc) is 2.46. The van der Waals surface area contributed by atoms with Crippen molar-refractivity contribution in [1.82, 2.24) is 4.98 Å². The van der Waals surface area contributed by atoms with Gasteiger partial charge in [0.05, 0.1) is 0 Å². The van der Waals surface area contributed by atoms with Gasteiger partial charge in [-0.15, -0.1) is 0 Å². The maximum absolute atomic E-state index is 8.66. The number of oxime groups is 1. The molecule has 0 aliphatic heterocycles. The highest BCUT2D eigenvalue weighted by molar-refractivity contribution is 5.97. The van der Waals surface area contributed by atoms with Crippen molar-refractivity contribution in [2.75, 3.05) is 11.9 Å². The largest absolute Gasteiger partial charge is 0.409 e. The van der Waals surface area contributed by atoms with Crippen LogP contribution < -0.4 is 10.6 Å². The Hall–Kier alpha value is -2.56. The molecule has 18 heavy (non-hydrogen) atoms. The first kappa shape index (κ1) is 11.9. The number of para-hydroxylation sites is 1. The second-order valence-corrected chi connectivity index (χ2v) is 3.78. The van der Waals surface area contributed by atoms with Gasteiger partial charge in [-0.2, -0.15) is 0 Å². The zero-order valence-corrected chi connectivity index (χ0v) is 9.99. The molecule has 0 radical (unpaired) electrons. The van der Waals surface area contributed by atoms with Crippen LogP contribution >= 0.6 is 0 Å². The monoisotopic (exact) mass is 242 g/mol. The molecule has 1 aromatic heterocycles. The minimum absolute atomic E-state index is 0.0695. The molecule has 0 fully saturated rings. The van der Waals surface area contributed by atoms with Crippen LogP contribution in [0.15, 0.2) is 53.8 Å². The maximum Gasteiger partial charge on any atom is 0.170 e. The third-order valence-electron chi connectivity index (χ3n) is 2.64. The van der Waals surface area contributed by atoms with E-state index in [9.17, 15) is 0 Å². The van der Waals surface area contributed by atoms with Crippen LogP contribution in [-0.4, -0.2) is 23.1 Å². The molecule has 1 aromatic carbocycles. The summed E-state index contributed by atoms with van der Waals surface area (Å²) in [7, 11) is 1.91. The second-order valence-electron chi connectivity index (χ2n) is 3.78. The van der Waals surface area contributed by atoms with Crippen molar-refractivity contribution in [3.63, 3.8) is 0 Å². The van der Waals surface area contributed by atoms with E-state index in [4.69, 9.17) is 10.9 Å². The second kappa shape index (κ2) is 5.18. The summed E-state index contributed by atoms with van der Waals surface area (Å²) in [6.07, 6.45) is 1.63. The smallest absolute Gasteiger partial charge is 0.170 e. The molecule has 5 heteroatoms. The molecule has 5 nitrogen and oxygen atoms in total. The van der Waals surface area contributed by atoms with Crippen molar-refractivity contribution < 1.29 is 5.21 Å². The van der Waals surface area contributed by atoms with E-state index in [1.165, 1.54) is 0 Å². The van der Waals surface area contributed by atoms with Crippen molar-refractivity contribution in [2.45, 2.75) is 0 Å². The number of pyridine rings is 1. The number of nitrogens with two attached hydrogens (primary N) is 1. The van der Waals surface area contributed by atoms with Crippen LogP contribution in [0.5, 0.6) is 0 Å². The van der Waals surface area contributed by atoms with E-state index in [2.05, 4.69) is 10.1 Å². The standard InChI is InChI=1S/C13H14N4O/c1-17(11-5-3-2-4-6-11)12-9-10(7-8-15-12)13(14)16-18/h2-9,18H,1H3,(H2,14,16). The lowest BCUT2D eigenvalue weighted by Gasteiger charge is -2.18. The number of aromatic nitrogens is 1. The van der Waals surface area contributed by atoms with E-state index in [1.54, 1.807) is 18.3 Å². The predicted octanol–water partition coefficient (Wildman–Crippen LogP) is 1.94. The lowest BCUT2D eigenvalue weighted by molar-refractivity contribution is 0.318. The summed E-state index contributed by atoms with van der Waals surface area (Å²) in [5.41, 5.74) is 7.20. The van der Waals surface area contributed by atoms with Crippen molar-refractivity contribution in [3.8, 4) is 0 Å². The number of benzene rings is 1. The van der Waals surface area contributed by atoms with E-state index < -0.39 is 0 Å². The maximum atomic E-state index is 8.66. The Balaban J connectivity index is 2.34. The molecule has 0 spiro atoms. The summed E-state index contributed by atoms with van der Waals surface area (Å²) in [5, 5.41) is 11.6. The molecule has 1 heterocycles. The summed E-state index contributed by atoms with van der Waals surface area (Å²) in [5.74, 6) is 0.797. The first-order chi connectivity index (χ1) is 8.72. The molecule has 0 bridgehead atoms. The minimum Gasteiger partial charge on any atom is -0.409 e. The molecule has 2 aromatic rings. The number of amidine groups is 1. The molecule has 0 saturated carbocycles. The summed E-state index contributed by atoms with van der Waals surface area (Å²) < 4.78 is 0. The summed E-state index contributed by atoms with van der Waals surface area (Å²) in [6.45, 7) is 0. The molecular weight excluding hydrogens is 228 g/mol. The molecule has 0 unspecified atom stereocenters. The van der Waals surface area contributed by atoms with Crippen molar-refractivity contribution in [2.24, 2.45) is 10.9 Å². The predicted molar refractivity (Wildman–Crippen MR) is 71.3 cm³/mol. The highest BCUT2D eigenvalue weighted by atomic mass is 16.4. The van der Waals surface area contributed by atoms with Crippen LogP contribution in [0.1, 0.15) is 5.56 Å². The molecule has 3 N–H and O–H groups in total. The first-order valence-electron chi connectivity index (χ1n) is 5.45. The molecular formula is C13H14N4O. The number of nitrogens with zero attached hydrogens (tertiary/aromatic N) is 3. The lowest BCUT2D eigenvalue weighted by Crippen LogP contribution is -2.16. The van der Waals surface area contributed by atoms with Crippen LogP contribution in [0.2, 0.25) is 0 Å². The molecule has 0 saturated heterocycles. The Morgan fingerprint density at radius 1 is 1.28 bits per heavy atom. The van der Waals surface area contributed by atoms with Crippen LogP contribution in [0.25, 0.3) is 0 Å². The van der Waals surface area contributed by atoms with Gasteiger partial charge in [-0.25, -0.2) is 4.98 Å². The van der Waals surface area contributed by atoms with Crippen molar-refractivity contribution >= 4 is 17.3 Å². The molecule has 2 rings (SSSR count). The Morgan fingerprint density at radius 3 is 2.67 bits per heavy atom. The third kappa shape index (κ3) is 2.40. The summed E-state index contributed by atoms with van der Waals surface area (Å²) in [6, 6.07) is 13.3. The summed E-state index contributed by atoms with van der Waals surface area (Å²) >= 11 is 0. The normalized spacial score (nSPS) is 11.3. The van der Waals surface area contributed by atoms with Crippen LogP contribution in [0, 0.1) is 0 Å². The van der Waals surface area contributed by atoms with Gasteiger partial charge in [0.15, 0.2) is 5.84 Å². The molecule has 0 atom stereocenters. The Labute approximate surface area is 105 Å². The number of anilines is 2. The van der Waals surface area contributed by atoms with Crippen LogP contribution in [0.3, 0.4) is 0 Å². The van der Waals surface area contributed by atoms with Gasteiger partial charge in [0.25, 0.3) is 0 Å². The first-order valence-corrected chi connectivity index (χ1v) is 5.45. The number of hydrogen-bond acceptors (Lipinski definition) is 4. The quantitative estimate of drug-likeness (QED) is 0.373. The van der Waals surface area contributed by atoms with Crippen molar-refractivity contribution in [3.05, 3.63) is 54.2 Å². The van der Waals surface area contributed by atoms with E-state index in [1.807, 2.05) is 42.3 Å². The van der Waals surface area contributed by atoms with Gasteiger partial charge in [0, 0.05) is 24.5 Å². The fourth-order valence-corrected chi connectivity index (χ4v) is 1.60. The molecule has 0 aliphatic carbocycles. The van der Waals surface area contributed by atoms with Gasteiger partial charge in [-0.3, -0.25) is 0 Å². The Morgan fingerprint density at radius 2 is 2.00 bits per heavy atom. The van der Waals surface area contributed by atoms with Gasteiger partial charge < -0.3 is 15.8 Å². The van der Waals surface area contributed by atoms with Gasteiger partial charge in [-0.05, 0) is 24.3 Å². The topological polar surface area (TPSA) is 74.7 Å². The number of hydrogen-bond donors (Lipinski definition) is 2. The molecule has 0 aliphatic rings. The number of rotatable bonds is 3. The van der Waals surface area contributed by atoms with Crippen molar-refractivity contribution in [1.29, 1.82) is 0 Å². The highest BCUT2D eigenvalue weighted by Crippen LogP contribution is 2.21. The van der Waals surface area contributed by atoms with Gasteiger partial charge in [0.2, 0.25) is 0 Å². The zero-order valence-electron chi connectivity index (χ0n) is 9.99. The van der Waals surface area contributed by atoms with Gasteiger partial charge in [0.1, 0.15) is 5.82 Å². The van der Waals surface area contributed by atoms with E-state index in [0.717, 1.165) is 11.5 Å². The van der Waals surface area contributed by atoms with E-state index in [0.29, 0.717) is 5.56 Å². The molecule has 92 valence electrons. The van der Waals surface area contributed by atoms with Gasteiger partial charge in [-0.1, -0.05) is 23.4 Å². The summed E-state index contributed by atoms with van der Waals surface area (Å²) in [4.78, 5) is 6.19. The zero-order chi connectivity index (χ0) is 13.0. The third-order valence-corrected chi connectivity index (χ3v) is 2.64. The van der Waals surface area contributed by atoms with Gasteiger partial charge >= 0.3 is 0 Å². The fourth-order valence-electron chi connectivity index (χ4n) is 1.60. The minimum atomic E-state index is 0.0695. The Bertz CT molecular complexity index is 554. The van der Waals surface area contributed by atoms with E-state index >= 15 is 0 Å².